The number of unbranched alkanes of at least 4 members (excludes halogenated alkanes) is 38. The number of hydrogen-bond donors (Lipinski definition) is 2. The quantitative estimate of drug-likeness (QED) is 0.0249. The molecule has 0 bridgehead atoms. The van der Waals surface area contributed by atoms with Gasteiger partial charge in [0.05, 0.1) is 44.9 Å². The van der Waals surface area contributed by atoms with E-state index in [-0.39, 0.29) is 59.9 Å². The SMILES string of the molecule is CCCCCCCCCCCCCCCCCCCCCCC1Nc2c(cccc2S(=O)(=O)[O-])N1Cc1ccccc1.CCCCCCCCCCCCCCCCCCCCCCC1Nc2c(cccc2S(=O)(=O)[O-])N1Cc1ccccc1.[Ca+2]. The molecule has 2 aliphatic heterocycles. The van der Waals surface area contributed by atoms with Gasteiger partial charge in [-0.05, 0) is 61.1 Å². The number of anilines is 4. The maximum absolute atomic E-state index is 11.9. The predicted octanol–water partition coefficient (Wildman–Crippen LogP) is 20.7. The molecule has 0 fully saturated rings. The average Bonchev–Trinajstić information content (AvgIpc) is 2.06. The number of rotatable bonds is 48. The Morgan fingerprint density at radius 1 is 0.329 bits per heavy atom. The van der Waals surface area contributed by atoms with Crippen molar-refractivity contribution in [3.05, 3.63) is 108 Å². The summed E-state index contributed by atoms with van der Waals surface area (Å²) in [6.07, 6.45) is 56.4. The van der Waals surface area contributed by atoms with Crippen LogP contribution in [0.5, 0.6) is 0 Å². The van der Waals surface area contributed by atoms with E-state index in [9.17, 15) is 25.9 Å². The van der Waals surface area contributed by atoms with Gasteiger partial charge in [0.15, 0.2) is 0 Å². The monoisotopic (exact) mass is 1230 g/mol. The Kier molecular flexibility index (Phi) is 39.9. The summed E-state index contributed by atoms with van der Waals surface area (Å²) in [4.78, 5) is 4.14. The largest absolute Gasteiger partial charge is 2.00 e. The number of fused-ring (bicyclic) bond motifs is 2. The maximum atomic E-state index is 11.9. The Morgan fingerprint density at radius 2 is 0.565 bits per heavy atom. The first-order valence-electron chi connectivity index (χ1n) is 34.3. The van der Waals surface area contributed by atoms with Gasteiger partial charge < -0.3 is 29.5 Å². The van der Waals surface area contributed by atoms with Crippen molar-refractivity contribution in [1.82, 2.24) is 0 Å². The third kappa shape index (κ3) is 30.5. The minimum absolute atomic E-state index is 0. The molecule has 85 heavy (non-hydrogen) atoms. The predicted molar refractivity (Wildman–Crippen MR) is 360 cm³/mol. The van der Waals surface area contributed by atoms with E-state index in [2.05, 4.69) is 58.5 Å². The third-order valence-electron chi connectivity index (χ3n) is 17.6. The fourth-order valence-corrected chi connectivity index (χ4v) is 14.0. The summed E-state index contributed by atoms with van der Waals surface area (Å²) in [6.45, 7) is 5.92. The average molecular weight is 1240 g/mol. The van der Waals surface area contributed by atoms with Crippen LogP contribution in [0.3, 0.4) is 0 Å². The number of hydrogen-bond acceptors (Lipinski definition) is 10. The van der Waals surface area contributed by atoms with Crippen LogP contribution in [0, 0.1) is 0 Å². The molecule has 2 unspecified atom stereocenters. The molecular formula is C72H114CaN4O6S2. The molecule has 0 aromatic heterocycles. The van der Waals surface area contributed by atoms with Crippen LogP contribution < -0.4 is 20.4 Å². The van der Waals surface area contributed by atoms with Crippen molar-refractivity contribution in [2.75, 3.05) is 20.4 Å². The van der Waals surface area contributed by atoms with Crippen LogP contribution in [0.1, 0.15) is 295 Å². The summed E-state index contributed by atoms with van der Waals surface area (Å²) in [5, 5.41) is 6.77. The van der Waals surface area contributed by atoms with E-state index in [1.165, 1.54) is 256 Å². The molecule has 2 aliphatic rings. The van der Waals surface area contributed by atoms with Crippen molar-refractivity contribution in [2.24, 2.45) is 0 Å². The molecule has 0 spiro atoms. The first kappa shape index (κ1) is 74.6. The van der Waals surface area contributed by atoms with Crippen molar-refractivity contribution in [3.63, 3.8) is 0 Å². The smallest absolute Gasteiger partial charge is 0.744 e. The molecule has 2 atom stereocenters. The van der Waals surface area contributed by atoms with Crippen molar-refractivity contribution < 1.29 is 25.9 Å². The molecule has 472 valence electrons. The molecule has 4 aromatic rings. The summed E-state index contributed by atoms with van der Waals surface area (Å²) in [5.41, 5.74) is 4.85. The molecule has 2 heterocycles. The summed E-state index contributed by atoms with van der Waals surface area (Å²) >= 11 is 0. The summed E-state index contributed by atoms with van der Waals surface area (Å²) in [6, 6.07) is 30.4. The topological polar surface area (TPSA) is 145 Å². The third-order valence-corrected chi connectivity index (χ3v) is 19.4. The van der Waals surface area contributed by atoms with E-state index in [4.69, 9.17) is 0 Å². The minimum atomic E-state index is -4.54. The zero-order valence-electron chi connectivity index (χ0n) is 53.4. The number of nitrogens with zero attached hydrogens (tertiary/aromatic N) is 2. The summed E-state index contributed by atoms with van der Waals surface area (Å²) < 4.78 is 71.4. The van der Waals surface area contributed by atoms with Crippen LogP contribution in [-0.4, -0.2) is 76.0 Å². The van der Waals surface area contributed by atoms with Gasteiger partial charge in [-0.15, -0.1) is 0 Å². The molecule has 0 amide bonds. The van der Waals surface area contributed by atoms with Crippen molar-refractivity contribution in [3.8, 4) is 0 Å². The normalized spacial score (nSPS) is 14.5. The van der Waals surface area contributed by atoms with E-state index < -0.39 is 20.2 Å². The zero-order valence-corrected chi connectivity index (χ0v) is 57.2. The van der Waals surface area contributed by atoms with Crippen LogP contribution >= 0.6 is 0 Å². The molecule has 4 aromatic carbocycles. The van der Waals surface area contributed by atoms with Gasteiger partial charge >= 0.3 is 37.7 Å². The van der Waals surface area contributed by atoms with Crippen molar-refractivity contribution in [2.45, 2.75) is 319 Å². The van der Waals surface area contributed by atoms with Gasteiger partial charge in [0, 0.05) is 13.1 Å². The van der Waals surface area contributed by atoms with Crippen molar-refractivity contribution in [1.29, 1.82) is 0 Å². The van der Waals surface area contributed by atoms with Gasteiger partial charge in [0.2, 0.25) is 0 Å². The Labute approximate surface area is 549 Å². The first-order valence-corrected chi connectivity index (χ1v) is 37.1. The number of nitrogens with one attached hydrogen (secondary N) is 2. The standard InChI is InChI=1S/2C36H58N2O3S.Ca/c2*1-2-3-4-5-6-7-8-9-10-11-12-13-14-15-16-17-18-19-20-24-30-35-37-36-33(28-25-29-34(36)42(39,40)41)38(35)31-32-26-22-21-23-27-32;/h2*21-23,25-29,35,37H,2-20,24,30-31H2,1H3,(H,39,40,41);/q;;+2/p-2. The summed E-state index contributed by atoms with van der Waals surface area (Å²) in [5.74, 6) is 0. The molecule has 0 aliphatic carbocycles. The van der Waals surface area contributed by atoms with Crippen LogP contribution in [0.15, 0.2) is 107 Å². The molecule has 0 saturated heterocycles. The van der Waals surface area contributed by atoms with E-state index >= 15 is 0 Å². The molecule has 10 nitrogen and oxygen atoms in total. The van der Waals surface area contributed by atoms with Crippen LogP contribution in [0.25, 0.3) is 0 Å². The van der Waals surface area contributed by atoms with E-state index in [1.54, 1.807) is 12.1 Å². The second-order valence-corrected chi connectivity index (χ2v) is 27.5. The Balaban J connectivity index is 0.000000360. The van der Waals surface area contributed by atoms with Crippen LogP contribution in [0.4, 0.5) is 22.7 Å². The maximum Gasteiger partial charge on any atom is 2.00 e. The van der Waals surface area contributed by atoms with Gasteiger partial charge in [-0.2, -0.15) is 0 Å². The van der Waals surface area contributed by atoms with Gasteiger partial charge in [0.1, 0.15) is 20.2 Å². The second-order valence-electron chi connectivity index (χ2n) is 24.8. The molecule has 13 heteroatoms. The Hall–Kier alpha value is -2.84. The fourth-order valence-electron chi connectivity index (χ4n) is 12.6. The van der Waals surface area contributed by atoms with E-state index in [0.29, 0.717) is 24.5 Å². The number of para-hydroxylation sites is 2. The van der Waals surface area contributed by atoms with Gasteiger partial charge in [0.25, 0.3) is 0 Å². The molecule has 2 N–H and O–H groups in total. The Bertz CT molecular complexity index is 2360. The molecule has 0 radical (unpaired) electrons. The first-order chi connectivity index (χ1) is 41.0. The van der Waals surface area contributed by atoms with Crippen molar-refractivity contribution >= 4 is 80.7 Å². The molecular weight excluding hydrogens is 1120 g/mol. The van der Waals surface area contributed by atoms with Gasteiger partial charge in [-0.1, -0.05) is 331 Å². The van der Waals surface area contributed by atoms with Gasteiger partial charge in [-0.3, -0.25) is 0 Å². The zero-order chi connectivity index (χ0) is 59.8. The van der Waals surface area contributed by atoms with Crippen LogP contribution in [0.2, 0.25) is 0 Å². The Morgan fingerprint density at radius 3 is 0.800 bits per heavy atom. The fraction of sp³-hybridized carbons (Fsp3) is 0.667. The minimum Gasteiger partial charge on any atom is -0.744 e. The van der Waals surface area contributed by atoms with Gasteiger partial charge in [-0.25, -0.2) is 16.8 Å². The summed E-state index contributed by atoms with van der Waals surface area (Å²) in [7, 11) is -9.08. The van der Waals surface area contributed by atoms with E-state index in [1.807, 2.05) is 48.5 Å². The molecule has 6 rings (SSSR count). The number of benzene rings is 4. The van der Waals surface area contributed by atoms with Crippen LogP contribution in [-0.2, 0) is 33.3 Å². The van der Waals surface area contributed by atoms with E-state index in [0.717, 1.165) is 48.2 Å². The second kappa shape index (κ2) is 45.4. The molecule has 0 saturated carbocycles.